The number of alkyl halides is 2. The quantitative estimate of drug-likeness (QED) is 0.225. The number of anilines is 2. The number of rotatable bonds is 11. The van der Waals surface area contributed by atoms with Gasteiger partial charge in [0.05, 0.1) is 35.7 Å². The van der Waals surface area contributed by atoms with Crippen LogP contribution >= 0.6 is 44.8 Å². The molecule has 2 aromatic carbocycles. The molecule has 0 unspecified atom stereocenters. The van der Waals surface area contributed by atoms with Gasteiger partial charge in [-0.2, -0.15) is 0 Å². The maximum absolute atomic E-state index is 12.1. The first-order valence-corrected chi connectivity index (χ1v) is 13.2. The summed E-state index contributed by atoms with van der Waals surface area (Å²) < 4.78 is 10.0. The van der Waals surface area contributed by atoms with Crippen LogP contribution in [0.25, 0.3) is 0 Å². The molecule has 0 aliphatic heterocycles. The van der Waals surface area contributed by atoms with Gasteiger partial charge in [0, 0.05) is 9.79 Å². The van der Waals surface area contributed by atoms with Gasteiger partial charge >= 0.3 is 11.9 Å². The van der Waals surface area contributed by atoms with Crippen molar-refractivity contribution in [2.75, 3.05) is 35.6 Å². The average molecular weight is 545 g/mol. The molecule has 182 valence electrons. The number of ether oxygens (including phenoxy) is 2. The van der Waals surface area contributed by atoms with Crippen molar-refractivity contribution in [3.8, 4) is 0 Å². The van der Waals surface area contributed by atoms with Crippen LogP contribution < -0.4 is 10.6 Å². The largest absolute Gasteiger partial charge is 0.462 e. The maximum atomic E-state index is 12.1. The molecule has 0 radical (unpaired) electrons. The molecular weight excluding hydrogens is 523 g/mol. The molecule has 0 aliphatic carbocycles. The monoisotopic (exact) mass is 544 g/mol. The van der Waals surface area contributed by atoms with Crippen molar-refractivity contribution in [3.63, 3.8) is 0 Å². The first-order chi connectivity index (χ1) is 16.3. The molecule has 0 saturated carbocycles. The third kappa shape index (κ3) is 8.12. The second-order valence-corrected chi connectivity index (χ2v) is 9.14. The third-order valence-corrected chi connectivity index (χ3v) is 6.96. The van der Waals surface area contributed by atoms with E-state index in [1.165, 1.54) is 33.7 Å². The molecule has 0 saturated heterocycles. The number of halogens is 2. The molecule has 8 nitrogen and oxygen atoms in total. The van der Waals surface area contributed by atoms with Gasteiger partial charge in [-0.15, -0.1) is 23.2 Å². The number of amides is 2. The van der Waals surface area contributed by atoms with E-state index in [-0.39, 0.29) is 36.1 Å². The van der Waals surface area contributed by atoms with Crippen molar-refractivity contribution in [1.29, 1.82) is 0 Å². The fraction of sp³-hybridized carbons (Fsp3) is 0.273. The number of carbonyl (C=O) groups excluding carboxylic acids is 4. The molecule has 12 heteroatoms. The molecule has 0 aliphatic rings. The number of hydrogen-bond acceptors (Lipinski definition) is 8. The highest BCUT2D eigenvalue weighted by atomic mass is 35.5. The predicted octanol–water partition coefficient (Wildman–Crippen LogP) is 5.19. The van der Waals surface area contributed by atoms with E-state index in [2.05, 4.69) is 10.6 Å². The molecule has 34 heavy (non-hydrogen) atoms. The minimum absolute atomic E-state index is 0.215. The van der Waals surface area contributed by atoms with Crippen LogP contribution in [0.4, 0.5) is 11.4 Å². The van der Waals surface area contributed by atoms with Crippen molar-refractivity contribution in [3.05, 3.63) is 47.5 Å². The number of nitrogens with one attached hydrogen (secondary N) is 2. The molecular formula is C22H22Cl2N2O6S2. The molecule has 2 amide bonds. The zero-order valence-corrected chi connectivity index (χ0v) is 21.5. The summed E-state index contributed by atoms with van der Waals surface area (Å²) in [6, 6.07) is 9.50. The Hall–Kier alpha value is -2.40. The van der Waals surface area contributed by atoms with Gasteiger partial charge in [0.1, 0.15) is 11.8 Å². The summed E-state index contributed by atoms with van der Waals surface area (Å²) in [4.78, 5) is 49.2. The van der Waals surface area contributed by atoms with E-state index in [1.54, 1.807) is 38.1 Å². The van der Waals surface area contributed by atoms with E-state index in [0.717, 1.165) is 0 Å². The Morgan fingerprint density at radius 3 is 1.44 bits per heavy atom. The summed E-state index contributed by atoms with van der Waals surface area (Å²) >= 11 is 11.2. The Labute approximate surface area is 214 Å². The molecule has 0 atom stereocenters. The van der Waals surface area contributed by atoms with E-state index >= 15 is 0 Å². The van der Waals surface area contributed by atoms with Gasteiger partial charge in [0.15, 0.2) is 0 Å². The molecule has 0 fully saturated rings. The fourth-order valence-electron chi connectivity index (χ4n) is 2.54. The van der Waals surface area contributed by atoms with E-state index in [4.69, 9.17) is 32.7 Å². The van der Waals surface area contributed by atoms with E-state index in [0.29, 0.717) is 21.2 Å². The Morgan fingerprint density at radius 2 is 1.12 bits per heavy atom. The van der Waals surface area contributed by atoms with Gasteiger partial charge in [0.25, 0.3) is 0 Å². The average Bonchev–Trinajstić information content (AvgIpc) is 2.83. The molecule has 0 aromatic heterocycles. The van der Waals surface area contributed by atoms with Crippen LogP contribution in [0.15, 0.2) is 46.2 Å². The van der Waals surface area contributed by atoms with Crippen LogP contribution in [0, 0.1) is 0 Å². The summed E-state index contributed by atoms with van der Waals surface area (Å²) in [6.07, 6.45) is 0. The molecule has 2 rings (SSSR count). The zero-order valence-electron chi connectivity index (χ0n) is 18.3. The topological polar surface area (TPSA) is 111 Å². The molecule has 0 heterocycles. The normalized spacial score (nSPS) is 10.4. The molecule has 2 aromatic rings. The number of esters is 2. The number of benzene rings is 2. The van der Waals surface area contributed by atoms with Gasteiger partial charge in [-0.05, 0) is 50.2 Å². The minimum atomic E-state index is -0.520. The van der Waals surface area contributed by atoms with Crippen LogP contribution in [0.1, 0.15) is 34.6 Å². The van der Waals surface area contributed by atoms with Crippen molar-refractivity contribution in [2.45, 2.75) is 23.6 Å². The highest BCUT2D eigenvalue weighted by molar-refractivity contribution is 8.76. The zero-order chi connectivity index (χ0) is 25.1. The first kappa shape index (κ1) is 27.8. The Kier molecular flexibility index (Phi) is 11.5. The Bertz CT molecular complexity index is 984. The lowest BCUT2D eigenvalue weighted by Gasteiger charge is -2.14. The van der Waals surface area contributed by atoms with Crippen molar-refractivity contribution in [2.24, 2.45) is 0 Å². The van der Waals surface area contributed by atoms with Gasteiger partial charge in [-0.1, -0.05) is 21.6 Å². The lowest BCUT2D eigenvalue weighted by molar-refractivity contribution is -0.114. The summed E-state index contributed by atoms with van der Waals surface area (Å²) in [5.41, 5.74) is 1.30. The number of carbonyl (C=O) groups is 4. The van der Waals surface area contributed by atoms with Crippen LogP contribution in [-0.2, 0) is 19.1 Å². The third-order valence-electron chi connectivity index (χ3n) is 3.99. The summed E-state index contributed by atoms with van der Waals surface area (Å²) in [7, 11) is 2.53. The number of hydrogen-bond donors (Lipinski definition) is 2. The predicted molar refractivity (Wildman–Crippen MR) is 135 cm³/mol. The fourth-order valence-corrected chi connectivity index (χ4v) is 4.91. The lowest BCUT2D eigenvalue weighted by atomic mass is 10.2. The maximum Gasteiger partial charge on any atom is 0.338 e. The summed E-state index contributed by atoms with van der Waals surface area (Å²) in [5.74, 6) is -2.44. The Balaban J connectivity index is 2.34. The lowest BCUT2D eigenvalue weighted by Crippen LogP contribution is -2.14. The van der Waals surface area contributed by atoms with Crippen LogP contribution in [0.5, 0.6) is 0 Å². The van der Waals surface area contributed by atoms with E-state index in [1.807, 2.05) is 0 Å². The highest BCUT2D eigenvalue weighted by Crippen LogP contribution is 2.44. The molecule has 0 bridgehead atoms. The van der Waals surface area contributed by atoms with Gasteiger partial charge < -0.3 is 20.1 Å². The Morgan fingerprint density at radius 1 is 0.735 bits per heavy atom. The van der Waals surface area contributed by atoms with Gasteiger partial charge in [-0.25, -0.2) is 9.59 Å². The van der Waals surface area contributed by atoms with Crippen LogP contribution in [-0.4, -0.2) is 48.7 Å². The molecule has 2 N–H and O–H groups in total. The van der Waals surface area contributed by atoms with Crippen LogP contribution in [0.3, 0.4) is 0 Å². The van der Waals surface area contributed by atoms with E-state index in [9.17, 15) is 19.2 Å². The van der Waals surface area contributed by atoms with Gasteiger partial charge in [0.2, 0.25) is 11.8 Å². The van der Waals surface area contributed by atoms with Crippen molar-refractivity contribution in [1.82, 2.24) is 0 Å². The second-order valence-electron chi connectivity index (χ2n) is 6.39. The van der Waals surface area contributed by atoms with Crippen molar-refractivity contribution >= 4 is 79.9 Å². The molecule has 0 spiro atoms. The standard InChI is InChI=1S/C22H22Cl2N2O6S2/c1-3-31-21(29)13-5-7-17(15(9-13)25-19(27)11-23)33-34-18-8-6-14(22(30)32-4-2)10-16(18)26-20(28)12-24/h5-10H,3-4,11-12H2,1-2H3,(H,25,27)(H,26,28). The van der Waals surface area contributed by atoms with Crippen LogP contribution in [0.2, 0.25) is 0 Å². The van der Waals surface area contributed by atoms with Crippen molar-refractivity contribution < 1.29 is 28.7 Å². The SMILES string of the molecule is CCOC(=O)c1ccc(SSc2ccc(C(=O)OCC)cc2NC(=O)CCl)c(NC(=O)CCl)c1. The van der Waals surface area contributed by atoms with Gasteiger partial charge in [-0.3, -0.25) is 9.59 Å². The first-order valence-electron chi connectivity index (χ1n) is 10.0. The minimum Gasteiger partial charge on any atom is -0.462 e. The smallest absolute Gasteiger partial charge is 0.338 e. The van der Waals surface area contributed by atoms with E-state index < -0.39 is 23.8 Å². The summed E-state index contributed by atoms with van der Waals surface area (Å²) in [5, 5.41) is 5.33. The summed E-state index contributed by atoms with van der Waals surface area (Å²) in [6.45, 7) is 3.83. The highest BCUT2D eigenvalue weighted by Gasteiger charge is 2.16. The second kappa shape index (κ2) is 14.1.